The first kappa shape index (κ1) is 22.3. The van der Waals surface area contributed by atoms with Gasteiger partial charge in [-0.25, -0.2) is 0 Å². The molecule has 0 radical (unpaired) electrons. The molecule has 4 rings (SSSR count). The normalized spacial score (nSPS) is 15.6. The van der Waals surface area contributed by atoms with Gasteiger partial charge >= 0.3 is 0 Å². The number of hydrogen-bond donors (Lipinski definition) is 1. The first-order chi connectivity index (χ1) is 15.4. The van der Waals surface area contributed by atoms with Crippen LogP contribution in [0.15, 0.2) is 36.4 Å². The highest BCUT2D eigenvalue weighted by Crippen LogP contribution is 2.32. The second kappa shape index (κ2) is 9.69. The lowest BCUT2D eigenvalue weighted by molar-refractivity contribution is -0.132. The molecule has 32 heavy (non-hydrogen) atoms. The Morgan fingerprint density at radius 3 is 2.41 bits per heavy atom. The highest BCUT2D eigenvalue weighted by Gasteiger charge is 2.23. The lowest BCUT2D eigenvalue weighted by Gasteiger charge is -2.36. The zero-order valence-corrected chi connectivity index (χ0v) is 19.2. The Kier molecular flexibility index (Phi) is 6.74. The van der Waals surface area contributed by atoms with Crippen molar-refractivity contribution in [2.45, 2.75) is 20.3 Å². The molecule has 0 spiro atoms. The number of fused-ring (bicyclic) bond motifs is 1. The minimum Gasteiger partial charge on any atom is -0.486 e. The van der Waals surface area contributed by atoms with E-state index in [4.69, 9.17) is 21.1 Å². The topological polar surface area (TPSA) is 71.1 Å². The van der Waals surface area contributed by atoms with Gasteiger partial charge in [0.15, 0.2) is 11.5 Å². The molecule has 2 amide bonds. The monoisotopic (exact) mass is 457 g/mol. The minimum atomic E-state index is -0.247. The largest absolute Gasteiger partial charge is 0.486 e. The third-order valence-electron chi connectivity index (χ3n) is 5.57. The van der Waals surface area contributed by atoms with Crippen molar-refractivity contribution < 1.29 is 19.1 Å². The second-order valence-electron chi connectivity index (χ2n) is 8.44. The Balaban J connectivity index is 1.37. The predicted molar refractivity (Wildman–Crippen MR) is 125 cm³/mol. The molecule has 1 fully saturated rings. The van der Waals surface area contributed by atoms with Crippen LogP contribution in [0, 0.1) is 5.92 Å². The highest BCUT2D eigenvalue weighted by molar-refractivity contribution is 6.33. The average Bonchev–Trinajstić information content (AvgIpc) is 2.78. The SMILES string of the molecule is CC(C)CC(=O)N1CCN(c2ccc(NC(=O)c3ccc4c(c3)OCCO4)cc2Cl)CC1. The van der Waals surface area contributed by atoms with Crippen LogP contribution in [0.1, 0.15) is 30.6 Å². The number of benzene rings is 2. The van der Waals surface area contributed by atoms with Gasteiger partial charge in [-0.2, -0.15) is 0 Å². The van der Waals surface area contributed by atoms with Gasteiger partial charge in [0.1, 0.15) is 13.2 Å². The van der Waals surface area contributed by atoms with Crippen molar-refractivity contribution in [2.24, 2.45) is 5.92 Å². The molecule has 2 aliphatic rings. The van der Waals surface area contributed by atoms with E-state index < -0.39 is 0 Å². The van der Waals surface area contributed by atoms with Gasteiger partial charge in [-0.15, -0.1) is 0 Å². The minimum absolute atomic E-state index is 0.211. The quantitative estimate of drug-likeness (QED) is 0.733. The van der Waals surface area contributed by atoms with E-state index in [-0.39, 0.29) is 11.8 Å². The predicted octanol–water partition coefficient (Wildman–Crippen LogP) is 4.06. The fourth-order valence-electron chi connectivity index (χ4n) is 3.90. The van der Waals surface area contributed by atoms with Crippen LogP contribution in [0.3, 0.4) is 0 Å². The summed E-state index contributed by atoms with van der Waals surface area (Å²) < 4.78 is 11.1. The van der Waals surface area contributed by atoms with E-state index in [0.29, 0.717) is 66.4 Å². The van der Waals surface area contributed by atoms with Gasteiger partial charge in [-0.3, -0.25) is 9.59 Å². The van der Waals surface area contributed by atoms with Crippen molar-refractivity contribution in [2.75, 3.05) is 49.6 Å². The first-order valence-electron chi connectivity index (χ1n) is 10.9. The summed E-state index contributed by atoms with van der Waals surface area (Å²) in [6, 6.07) is 10.6. The van der Waals surface area contributed by atoms with Crippen LogP contribution in [-0.2, 0) is 4.79 Å². The van der Waals surface area contributed by atoms with Crippen molar-refractivity contribution >= 4 is 34.8 Å². The summed E-state index contributed by atoms with van der Waals surface area (Å²) >= 11 is 6.54. The maximum Gasteiger partial charge on any atom is 0.255 e. The van der Waals surface area contributed by atoms with Crippen LogP contribution in [-0.4, -0.2) is 56.1 Å². The van der Waals surface area contributed by atoms with Gasteiger partial charge in [0, 0.05) is 43.9 Å². The molecule has 0 saturated carbocycles. The standard InChI is InChI=1S/C24H28ClN3O4/c1-16(2)13-23(29)28-9-7-27(8-10-28)20-5-4-18(15-19(20)25)26-24(30)17-3-6-21-22(14-17)32-12-11-31-21/h3-6,14-16H,7-13H2,1-2H3,(H,26,30). The molecule has 0 aliphatic carbocycles. The van der Waals surface area contributed by atoms with E-state index in [2.05, 4.69) is 24.1 Å². The van der Waals surface area contributed by atoms with Crippen molar-refractivity contribution in [3.05, 3.63) is 47.0 Å². The maximum absolute atomic E-state index is 12.7. The molecule has 8 heteroatoms. The Morgan fingerprint density at radius 2 is 1.72 bits per heavy atom. The van der Waals surface area contributed by atoms with Crippen LogP contribution >= 0.6 is 11.6 Å². The Morgan fingerprint density at radius 1 is 1.00 bits per heavy atom. The van der Waals surface area contributed by atoms with Crippen molar-refractivity contribution in [3.63, 3.8) is 0 Å². The molecular formula is C24H28ClN3O4. The van der Waals surface area contributed by atoms with E-state index in [9.17, 15) is 9.59 Å². The van der Waals surface area contributed by atoms with Gasteiger partial charge in [-0.05, 0) is 42.3 Å². The summed E-state index contributed by atoms with van der Waals surface area (Å²) in [5, 5.41) is 3.45. The molecule has 170 valence electrons. The molecule has 0 unspecified atom stereocenters. The Bertz CT molecular complexity index is 1000. The van der Waals surface area contributed by atoms with Crippen molar-refractivity contribution in [1.82, 2.24) is 4.90 Å². The fourth-order valence-corrected chi connectivity index (χ4v) is 4.20. The maximum atomic E-state index is 12.7. The second-order valence-corrected chi connectivity index (χ2v) is 8.85. The average molecular weight is 458 g/mol. The van der Waals surface area contributed by atoms with E-state index >= 15 is 0 Å². The lowest BCUT2D eigenvalue weighted by Crippen LogP contribution is -2.49. The molecule has 2 aliphatic heterocycles. The van der Waals surface area contributed by atoms with Crippen LogP contribution < -0.4 is 19.7 Å². The van der Waals surface area contributed by atoms with E-state index in [1.165, 1.54) is 0 Å². The van der Waals surface area contributed by atoms with Gasteiger partial charge in [0.2, 0.25) is 5.91 Å². The number of rotatable bonds is 5. The van der Waals surface area contributed by atoms with E-state index in [1.807, 2.05) is 17.0 Å². The van der Waals surface area contributed by atoms with Crippen LogP contribution in [0.2, 0.25) is 5.02 Å². The molecule has 0 bridgehead atoms. The third kappa shape index (κ3) is 5.10. The van der Waals surface area contributed by atoms with Crippen LogP contribution in [0.5, 0.6) is 11.5 Å². The van der Waals surface area contributed by atoms with Crippen LogP contribution in [0.4, 0.5) is 11.4 Å². The number of hydrogen-bond acceptors (Lipinski definition) is 5. The number of carbonyl (C=O) groups is 2. The summed E-state index contributed by atoms with van der Waals surface area (Å²) in [5.74, 6) is 1.54. The summed E-state index contributed by atoms with van der Waals surface area (Å²) in [6.07, 6.45) is 0.582. The molecule has 1 saturated heterocycles. The fraction of sp³-hybridized carbons (Fsp3) is 0.417. The number of carbonyl (C=O) groups excluding carboxylic acids is 2. The highest BCUT2D eigenvalue weighted by atomic mass is 35.5. The number of anilines is 2. The summed E-state index contributed by atoms with van der Waals surface area (Å²) in [6.45, 7) is 7.92. The third-order valence-corrected chi connectivity index (χ3v) is 5.87. The first-order valence-corrected chi connectivity index (χ1v) is 11.3. The smallest absolute Gasteiger partial charge is 0.255 e. The molecule has 7 nitrogen and oxygen atoms in total. The molecule has 2 heterocycles. The number of halogens is 1. The Hall–Kier alpha value is -2.93. The van der Waals surface area contributed by atoms with Crippen molar-refractivity contribution in [1.29, 1.82) is 0 Å². The van der Waals surface area contributed by atoms with Gasteiger partial charge in [0.25, 0.3) is 5.91 Å². The molecule has 2 aromatic carbocycles. The number of ether oxygens (including phenoxy) is 2. The molecule has 2 aromatic rings. The number of amides is 2. The van der Waals surface area contributed by atoms with Gasteiger partial charge in [-0.1, -0.05) is 25.4 Å². The zero-order chi connectivity index (χ0) is 22.7. The van der Waals surface area contributed by atoms with Gasteiger partial charge < -0.3 is 24.6 Å². The zero-order valence-electron chi connectivity index (χ0n) is 18.4. The summed E-state index contributed by atoms with van der Waals surface area (Å²) in [7, 11) is 0. The van der Waals surface area contributed by atoms with Gasteiger partial charge in [0.05, 0.1) is 10.7 Å². The van der Waals surface area contributed by atoms with E-state index in [0.717, 1.165) is 18.8 Å². The Labute approximate surface area is 193 Å². The molecular weight excluding hydrogens is 430 g/mol. The number of piperazine rings is 1. The molecule has 0 atom stereocenters. The summed E-state index contributed by atoms with van der Waals surface area (Å²) in [5.41, 5.74) is 2.00. The molecule has 1 N–H and O–H groups in total. The van der Waals surface area contributed by atoms with Crippen molar-refractivity contribution in [3.8, 4) is 11.5 Å². The van der Waals surface area contributed by atoms with E-state index in [1.54, 1.807) is 24.3 Å². The summed E-state index contributed by atoms with van der Waals surface area (Å²) in [4.78, 5) is 29.1. The number of nitrogens with zero attached hydrogens (tertiary/aromatic N) is 2. The molecule has 0 aromatic heterocycles. The van der Waals surface area contributed by atoms with Crippen LogP contribution in [0.25, 0.3) is 0 Å². The number of nitrogens with one attached hydrogen (secondary N) is 1. The lowest BCUT2D eigenvalue weighted by atomic mass is 10.1.